The Kier molecular flexibility index (Phi) is 4.73. The van der Waals surface area contributed by atoms with E-state index in [9.17, 15) is 4.79 Å². The van der Waals surface area contributed by atoms with Gasteiger partial charge in [0.05, 0.1) is 12.2 Å². The van der Waals surface area contributed by atoms with Gasteiger partial charge in [-0.15, -0.1) is 6.58 Å². The summed E-state index contributed by atoms with van der Waals surface area (Å²) in [6.45, 7) is 4.13. The second-order valence-electron chi connectivity index (χ2n) is 4.48. The summed E-state index contributed by atoms with van der Waals surface area (Å²) in [4.78, 5) is 11.9. The lowest BCUT2D eigenvalue weighted by Crippen LogP contribution is -2.06. The molecule has 0 aliphatic carbocycles. The van der Waals surface area contributed by atoms with Gasteiger partial charge in [0, 0.05) is 0 Å². The van der Waals surface area contributed by atoms with Gasteiger partial charge in [0.1, 0.15) is 0 Å². The third-order valence-electron chi connectivity index (χ3n) is 3.02. The molecule has 2 rings (SSSR count). The van der Waals surface area contributed by atoms with Crippen molar-refractivity contribution in [3.05, 3.63) is 60.7 Å². The van der Waals surface area contributed by atoms with Gasteiger partial charge in [-0.3, -0.25) is 0 Å². The molecule has 0 atom stereocenters. The molecule has 19 heavy (non-hydrogen) atoms. The Balaban J connectivity index is 1.95. The van der Waals surface area contributed by atoms with Crippen LogP contribution in [-0.4, -0.2) is 12.6 Å². The van der Waals surface area contributed by atoms with Gasteiger partial charge in [-0.2, -0.15) is 0 Å². The van der Waals surface area contributed by atoms with Crippen molar-refractivity contribution in [2.45, 2.75) is 19.3 Å². The van der Waals surface area contributed by atoms with Gasteiger partial charge >= 0.3 is 5.97 Å². The summed E-state index contributed by atoms with van der Waals surface area (Å²) in [6, 6.07) is 13.6. The van der Waals surface area contributed by atoms with Crippen molar-refractivity contribution < 1.29 is 9.53 Å². The Morgan fingerprint density at radius 2 is 1.89 bits per heavy atom. The number of hydrogen-bond donors (Lipinski definition) is 0. The number of carbonyl (C=O) groups excluding carboxylic acids is 1. The Morgan fingerprint density at radius 1 is 1.11 bits per heavy atom. The zero-order chi connectivity index (χ0) is 13.5. The van der Waals surface area contributed by atoms with Crippen LogP contribution in [0.3, 0.4) is 0 Å². The maximum absolute atomic E-state index is 11.9. The van der Waals surface area contributed by atoms with E-state index in [0.29, 0.717) is 12.2 Å². The molecule has 0 spiro atoms. The number of unbranched alkanes of at least 4 members (excludes halogenated alkanes) is 2. The van der Waals surface area contributed by atoms with Crippen LogP contribution in [0.5, 0.6) is 0 Å². The number of esters is 1. The summed E-state index contributed by atoms with van der Waals surface area (Å²) >= 11 is 0. The number of allylic oxidation sites excluding steroid dienone is 1. The number of ether oxygens (including phenoxy) is 1. The molecule has 0 saturated heterocycles. The predicted molar refractivity (Wildman–Crippen MR) is 78.3 cm³/mol. The van der Waals surface area contributed by atoms with Gasteiger partial charge in [-0.05, 0) is 42.2 Å². The number of rotatable bonds is 6. The molecule has 2 nitrogen and oxygen atoms in total. The first-order valence-electron chi connectivity index (χ1n) is 6.58. The molecular weight excluding hydrogens is 236 g/mol. The third kappa shape index (κ3) is 3.68. The highest BCUT2D eigenvalue weighted by molar-refractivity contribution is 5.95. The monoisotopic (exact) mass is 254 g/mol. The van der Waals surface area contributed by atoms with Gasteiger partial charge in [-0.1, -0.05) is 36.4 Å². The van der Waals surface area contributed by atoms with E-state index in [1.807, 2.05) is 48.5 Å². The van der Waals surface area contributed by atoms with Gasteiger partial charge in [0.2, 0.25) is 0 Å². The maximum atomic E-state index is 11.9. The molecule has 2 heteroatoms. The van der Waals surface area contributed by atoms with E-state index < -0.39 is 0 Å². The van der Waals surface area contributed by atoms with Crippen LogP contribution in [0.2, 0.25) is 0 Å². The highest BCUT2D eigenvalue weighted by Gasteiger charge is 2.07. The third-order valence-corrected chi connectivity index (χ3v) is 3.02. The van der Waals surface area contributed by atoms with Crippen molar-refractivity contribution in [1.82, 2.24) is 0 Å². The number of benzene rings is 2. The minimum absolute atomic E-state index is 0.246. The molecule has 0 aliphatic heterocycles. The van der Waals surface area contributed by atoms with Crippen molar-refractivity contribution in [2.75, 3.05) is 6.61 Å². The Labute approximate surface area is 113 Å². The lowest BCUT2D eigenvalue weighted by atomic mass is 10.1. The second kappa shape index (κ2) is 6.74. The zero-order valence-electron chi connectivity index (χ0n) is 11.0. The summed E-state index contributed by atoms with van der Waals surface area (Å²) < 4.78 is 5.25. The van der Waals surface area contributed by atoms with Crippen molar-refractivity contribution in [2.24, 2.45) is 0 Å². The molecule has 0 fully saturated rings. The van der Waals surface area contributed by atoms with Crippen LogP contribution in [0.25, 0.3) is 10.8 Å². The number of fused-ring (bicyclic) bond motifs is 1. The molecule has 0 unspecified atom stereocenters. The molecule has 0 aromatic heterocycles. The van der Waals surface area contributed by atoms with Gasteiger partial charge in [-0.25, -0.2) is 4.79 Å². The van der Waals surface area contributed by atoms with Crippen molar-refractivity contribution in [1.29, 1.82) is 0 Å². The SMILES string of the molecule is C=CCCCCOC(=O)c1ccc2ccccc2c1. The topological polar surface area (TPSA) is 26.3 Å². The molecular formula is C17H18O2. The molecule has 2 aromatic carbocycles. The van der Waals surface area contributed by atoms with E-state index in [1.54, 1.807) is 0 Å². The van der Waals surface area contributed by atoms with Gasteiger partial charge in [0.15, 0.2) is 0 Å². The van der Waals surface area contributed by atoms with Crippen molar-refractivity contribution in [3.8, 4) is 0 Å². The Hall–Kier alpha value is -2.09. The maximum Gasteiger partial charge on any atom is 0.338 e. The van der Waals surface area contributed by atoms with E-state index in [4.69, 9.17) is 4.74 Å². The smallest absolute Gasteiger partial charge is 0.338 e. The Morgan fingerprint density at radius 3 is 2.68 bits per heavy atom. The fourth-order valence-electron chi connectivity index (χ4n) is 1.96. The fourth-order valence-corrected chi connectivity index (χ4v) is 1.96. The minimum Gasteiger partial charge on any atom is -0.462 e. The lowest BCUT2D eigenvalue weighted by molar-refractivity contribution is 0.0499. The van der Waals surface area contributed by atoms with Crippen LogP contribution in [0, 0.1) is 0 Å². The van der Waals surface area contributed by atoms with E-state index in [0.717, 1.165) is 30.0 Å². The van der Waals surface area contributed by atoms with Crippen LogP contribution >= 0.6 is 0 Å². The van der Waals surface area contributed by atoms with E-state index in [1.165, 1.54) is 0 Å². The molecule has 0 radical (unpaired) electrons. The molecule has 0 N–H and O–H groups in total. The first kappa shape index (κ1) is 13.3. The minimum atomic E-state index is -0.246. The predicted octanol–water partition coefficient (Wildman–Crippen LogP) is 4.35. The number of hydrogen-bond acceptors (Lipinski definition) is 2. The summed E-state index contributed by atoms with van der Waals surface area (Å²) in [7, 11) is 0. The van der Waals surface area contributed by atoms with E-state index >= 15 is 0 Å². The highest BCUT2D eigenvalue weighted by atomic mass is 16.5. The van der Waals surface area contributed by atoms with Crippen LogP contribution < -0.4 is 0 Å². The molecule has 0 saturated carbocycles. The van der Waals surface area contributed by atoms with Gasteiger partial charge < -0.3 is 4.74 Å². The van der Waals surface area contributed by atoms with Crippen LogP contribution in [0.4, 0.5) is 0 Å². The largest absolute Gasteiger partial charge is 0.462 e. The van der Waals surface area contributed by atoms with E-state index in [-0.39, 0.29) is 5.97 Å². The first-order valence-corrected chi connectivity index (χ1v) is 6.58. The molecule has 0 aliphatic rings. The van der Waals surface area contributed by atoms with Crippen LogP contribution in [-0.2, 0) is 4.74 Å². The average Bonchev–Trinajstić information content (AvgIpc) is 2.46. The Bertz CT molecular complexity index is 572. The molecule has 98 valence electrons. The van der Waals surface area contributed by atoms with Crippen molar-refractivity contribution in [3.63, 3.8) is 0 Å². The lowest BCUT2D eigenvalue weighted by Gasteiger charge is -2.05. The first-order chi connectivity index (χ1) is 9.31. The summed E-state index contributed by atoms with van der Waals surface area (Å²) in [5, 5.41) is 2.19. The number of carbonyl (C=O) groups is 1. The highest BCUT2D eigenvalue weighted by Crippen LogP contribution is 2.16. The molecule has 0 bridgehead atoms. The normalized spacial score (nSPS) is 10.3. The average molecular weight is 254 g/mol. The second-order valence-corrected chi connectivity index (χ2v) is 4.48. The van der Waals surface area contributed by atoms with Gasteiger partial charge in [0.25, 0.3) is 0 Å². The summed E-state index contributed by atoms with van der Waals surface area (Å²) in [5.74, 6) is -0.246. The fraction of sp³-hybridized carbons (Fsp3) is 0.235. The summed E-state index contributed by atoms with van der Waals surface area (Å²) in [5.41, 5.74) is 0.613. The van der Waals surface area contributed by atoms with Crippen LogP contribution in [0.15, 0.2) is 55.1 Å². The summed E-state index contributed by atoms with van der Waals surface area (Å²) in [6.07, 6.45) is 4.73. The standard InChI is InChI=1S/C17H18O2/c1-2-3-4-7-12-19-17(18)16-11-10-14-8-5-6-9-15(14)13-16/h2,5-6,8-11,13H,1,3-4,7,12H2. The quantitative estimate of drug-likeness (QED) is 0.435. The van der Waals surface area contributed by atoms with Crippen molar-refractivity contribution >= 4 is 16.7 Å². The van der Waals surface area contributed by atoms with Crippen LogP contribution in [0.1, 0.15) is 29.6 Å². The molecule has 0 heterocycles. The molecule has 0 amide bonds. The molecule has 2 aromatic rings. The van der Waals surface area contributed by atoms with E-state index in [2.05, 4.69) is 6.58 Å². The zero-order valence-corrected chi connectivity index (χ0v) is 11.0.